The summed E-state index contributed by atoms with van der Waals surface area (Å²) in [6.45, 7) is 5.79. The molecule has 1 aromatic heterocycles. The molecule has 0 bridgehead atoms. The van der Waals surface area contributed by atoms with Gasteiger partial charge in [0.2, 0.25) is 5.91 Å². The van der Waals surface area contributed by atoms with E-state index in [0.29, 0.717) is 18.7 Å². The van der Waals surface area contributed by atoms with E-state index in [0.717, 1.165) is 37.2 Å². The fraction of sp³-hybridized carbons (Fsp3) is 0.474. The smallest absolute Gasteiger partial charge is 0.273 e. The van der Waals surface area contributed by atoms with Gasteiger partial charge in [-0.15, -0.1) is 5.10 Å². The first-order chi connectivity index (χ1) is 12.6. The van der Waals surface area contributed by atoms with Crippen LogP contribution in [-0.4, -0.2) is 51.3 Å². The number of carbonyl (C=O) groups excluding carboxylic acids is 2. The van der Waals surface area contributed by atoms with E-state index in [9.17, 15) is 9.59 Å². The van der Waals surface area contributed by atoms with Crippen molar-refractivity contribution in [3.05, 3.63) is 41.2 Å². The summed E-state index contributed by atoms with van der Waals surface area (Å²) in [5.41, 5.74) is 2.95. The van der Waals surface area contributed by atoms with Crippen LogP contribution in [0, 0.1) is 13.8 Å². The summed E-state index contributed by atoms with van der Waals surface area (Å²) >= 11 is 0. The number of hydrogen-bond donors (Lipinski definition) is 1. The number of rotatable bonds is 5. The highest BCUT2D eigenvalue weighted by Gasteiger charge is 2.19. The standard InChI is InChI=1S/C19H25N5O2/c1-14-7-6-8-16(13-14)24-15(2)18(21-22-24)19(26)20-10-9-17(25)23-11-4-3-5-12-23/h6-8,13H,3-5,9-12H2,1-2H3,(H,20,26). The van der Waals surface area contributed by atoms with Crippen molar-refractivity contribution in [2.75, 3.05) is 19.6 Å². The average Bonchev–Trinajstić information content (AvgIpc) is 3.04. The fourth-order valence-electron chi connectivity index (χ4n) is 3.21. The number of nitrogens with zero attached hydrogens (tertiary/aromatic N) is 4. The molecule has 2 heterocycles. The van der Waals surface area contributed by atoms with Crippen LogP contribution in [0.2, 0.25) is 0 Å². The van der Waals surface area contributed by atoms with Gasteiger partial charge in [-0.25, -0.2) is 4.68 Å². The fourth-order valence-corrected chi connectivity index (χ4v) is 3.21. The second-order valence-corrected chi connectivity index (χ2v) is 6.72. The Hall–Kier alpha value is -2.70. The Labute approximate surface area is 153 Å². The van der Waals surface area contributed by atoms with Crippen LogP contribution in [-0.2, 0) is 4.79 Å². The molecule has 1 aliphatic rings. The van der Waals surface area contributed by atoms with E-state index in [1.54, 1.807) is 4.68 Å². The lowest BCUT2D eigenvalue weighted by atomic mass is 10.1. The molecule has 138 valence electrons. The summed E-state index contributed by atoms with van der Waals surface area (Å²) in [5, 5.41) is 10.9. The normalized spacial score (nSPS) is 14.3. The summed E-state index contributed by atoms with van der Waals surface area (Å²) in [7, 11) is 0. The van der Waals surface area contributed by atoms with Crippen LogP contribution >= 0.6 is 0 Å². The maximum Gasteiger partial charge on any atom is 0.273 e. The zero-order valence-corrected chi connectivity index (χ0v) is 15.4. The molecule has 2 amide bonds. The zero-order chi connectivity index (χ0) is 18.5. The Morgan fingerprint density at radius 1 is 1.15 bits per heavy atom. The summed E-state index contributed by atoms with van der Waals surface area (Å²) in [6, 6.07) is 7.86. The maximum absolute atomic E-state index is 12.4. The van der Waals surface area contributed by atoms with Gasteiger partial charge in [-0.05, 0) is 50.8 Å². The number of nitrogens with one attached hydrogen (secondary N) is 1. The molecule has 1 aromatic carbocycles. The predicted octanol–water partition coefficient (Wildman–Crippen LogP) is 2.02. The summed E-state index contributed by atoms with van der Waals surface area (Å²) < 4.78 is 1.65. The Kier molecular flexibility index (Phi) is 5.65. The van der Waals surface area contributed by atoms with E-state index in [2.05, 4.69) is 15.6 Å². The molecule has 3 rings (SSSR count). The number of aromatic nitrogens is 3. The highest BCUT2D eigenvalue weighted by Crippen LogP contribution is 2.14. The third-order valence-corrected chi connectivity index (χ3v) is 4.69. The van der Waals surface area contributed by atoms with Gasteiger partial charge < -0.3 is 10.2 Å². The van der Waals surface area contributed by atoms with Crippen molar-refractivity contribution in [1.82, 2.24) is 25.2 Å². The molecule has 0 unspecified atom stereocenters. The Morgan fingerprint density at radius 2 is 1.92 bits per heavy atom. The minimum atomic E-state index is -0.298. The van der Waals surface area contributed by atoms with Gasteiger partial charge in [0.05, 0.1) is 11.4 Å². The number of piperidine rings is 1. The van der Waals surface area contributed by atoms with Crippen LogP contribution in [0.3, 0.4) is 0 Å². The zero-order valence-electron chi connectivity index (χ0n) is 15.4. The molecule has 26 heavy (non-hydrogen) atoms. The second-order valence-electron chi connectivity index (χ2n) is 6.72. The van der Waals surface area contributed by atoms with Gasteiger partial charge in [0.15, 0.2) is 5.69 Å². The molecule has 0 atom stereocenters. The van der Waals surface area contributed by atoms with E-state index in [1.807, 2.05) is 43.0 Å². The van der Waals surface area contributed by atoms with E-state index in [4.69, 9.17) is 0 Å². The molecule has 0 saturated carbocycles. The summed E-state index contributed by atoms with van der Waals surface area (Å²) in [6.07, 6.45) is 3.64. The highest BCUT2D eigenvalue weighted by atomic mass is 16.2. The topological polar surface area (TPSA) is 80.1 Å². The minimum Gasteiger partial charge on any atom is -0.350 e. The maximum atomic E-state index is 12.4. The SMILES string of the molecule is Cc1cccc(-n2nnc(C(=O)NCCC(=O)N3CCCCC3)c2C)c1. The summed E-state index contributed by atoms with van der Waals surface area (Å²) in [4.78, 5) is 26.4. The largest absolute Gasteiger partial charge is 0.350 e. The molecule has 0 radical (unpaired) electrons. The van der Waals surface area contributed by atoms with E-state index < -0.39 is 0 Å². The number of carbonyl (C=O) groups is 2. The van der Waals surface area contributed by atoms with Crippen molar-refractivity contribution in [2.24, 2.45) is 0 Å². The number of amides is 2. The Bertz CT molecular complexity index is 793. The van der Waals surface area contributed by atoms with Crippen molar-refractivity contribution >= 4 is 11.8 Å². The molecule has 2 aromatic rings. The molecule has 0 aliphatic carbocycles. The Balaban J connectivity index is 1.57. The third kappa shape index (κ3) is 4.09. The second kappa shape index (κ2) is 8.12. The number of likely N-dealkylation sites (tertiary alicyclic amines) is 1. The lowest BCUT2D eigenvalue weighted by molar-refractivity contribution is -0.131. The molecule has 1 fully saturated rings. The van der Waals surface area contributed by atoms with Gasteiger partial charge in [-0.2, -0.15) is 0 Å². The highest BCUT2D eigenvalue weighted by molar-refractivity contribution is 5.93. The van der Waals surface area contributed by atoms with E-state index in [1.165, 1.54) is 6.42 Å². The average molecular weight is 355 g/mol. The van der Waals surface area contributed by atoms with Crippen molar-refractivity contribution in [1.29, 1.82) is 0 Å². The van der Waals surface area contributed by atoms with Gasteiger partial charge in [0.25, 0.3) is 5.91 Å². The third-order valence-electron chi connectivity index (χ3n) is 4.69. The van der Waals surface area contributed by atoms with Crippen molar-refractivity contribution in [2.45, 2.75) is 39.5 Å². The monoisotopic (exact) mass is 355 g/mol. The molecule has 0 spiro atoms. The van der Waals surface area contributed by atoms with Crippen molar-refractivity contribution in [3.63, 3.8) is 0 Å². The van der Waals surface area contributed by atoms with Gasteiger partial charge in [-0.1, -0.05) is 17.3 Å². The lowest BCUT2D eigenvalue weighted by Gasteiger charge is -2.26. The number of benzene rings is 1. The molecule has 1 saturated heterocycles. The first kappa shape index (κ1) is 18.1. The van der Waals surface area contributed by atoms with Gasteiger partial charge >= 0.3 is 0 Å². The lowest BCUT2D eigenvalue weighted by Crippen LogP contribution is -2.37. The van der Waals surface area contributed by atoms with Gasteiger partial charge in [0, 0.05) is 26.1 Å². The van der Waals surface area contributed by atoms with Crippen LogP contribution < -0.4 is 5.32 Å². The van der Waals surface area contributed by atoms with E-state index in [-0.39, 0.29) is 17.5 Å². The molecule has 1 aliphatic heterocycles. The minimum absolute atomic E-state index is 0.102. The van der Waals surface area contributed by atoms with Crippen molar-refractivity contribution < 1.29 is 9.59 Å². The quantitative estimate of drug-likeness (QED) is 0.890. The number of hydrogen-bond acceptors (Lipinski definition) is 4. The Morgan fingerprint density at radius 3 is 2.65 bits per heavy atom. The van der Waals surface area contributed by atoms with Crippen molar-refractivity contribution in [3.8, 4) is 5.69 Å². The van der Waals surface area contributed by atoms with Crippen LogP contribution in [0.5, 0.6) is 0 Å². The molecular weight excluding hydrogens is 330 g/mol. The molecule has 1 N–H and O–H groups in total. The van der Waals surface area contributed by atoms with Crippen LogP contribution in [0.25, 0.3) is 5.69 Å². The molecule has 7 nitrogen and oxygen atoms in total. The first-order valence-electron chi connectivity index (χ1n) is 9.11. The predicted molar refractivity (Wildman–Crippen MR) is 98.2 cm³/mol. The van der Waals surface area contributed by atoms with Crippen LogP contribution in [0.15, 0.2) is 24.3 Å². The van der Waals surface area contributed by atoms with Crippen LogP contribution in [0.4, 0.5) is 0 Å². The van der Waals surface area contributed by atoms with E-state index >= 15 is 0 Å². The van der Waals surface area contributed by atoms with Gasteiger partial charge in [-0.3, -0.25) is 9.59 Å². The van der Waals surface area contributed by atoms with Gasteiger partial charge in [0.1, 0.15) is 0 Å². The molecule has 7 heteroatoms. The summed E-state index contributed by atoms with van der Waals surface area (Å²) in [5.74, 6) is -0.196. The van der Waals surface area contributed by atoms with Crippen LogP contribution in [0.1, 0.15) is 47.4 Å². The first-order valence-corrected chi connectivity index (χ1v) is 9.11. The molecular formula is C19H25N5O2. The number of aryl methyl sites for hydroxylation is 1.